The van der Waals surface area contributed by atoms with Crippen molar-refractivity contribution in [2.24, 2.45) is 0 Å². The molecule has 0 radical (unpaired) electrons. The van der Waals surface area contributed by atoms with Gasteiger partial charge in [-0.25, -0.2) is 9.40 Å². The highest BCUT2D eigenvalue weighted by atomic mass is 19.1. The Morgan fingerprint density at radius 3 is 2.29 bits per heavy atom. The van der Waals surface area contributed by atoms with Crippen LogP contribution < -0.4 is 5.43 Å². The number of halogens is 1. The molecule has 1 amide bonds. The first-order valence-electron chi connectivity index (χ1n) is 5.24. The first-order valence-corrected chi connectivity index (χ1v) is 5.24. The second kappa shape index (κ2) is 6.10. The number of carbonyl (C=O) groups is 2. The van der Waals surface area contributed by atoms with Crippen molar-refractivity contribution in [2.75, 3.05) is 14.1 Å². The maximum Gasteiger partial charge on any atom is 0.234 e. The van der Waals surface area contributed by atoms with E-state index in [1.807, 2.05) is 0 Å². The van der Waals surface area contributed by atoms with Crippen LogP contribution in [0.15, 0.2) is 24.3 Å². The van der Waals surface area contributed by atoms with Gasteiger partial charge in [0.2, 0.25) is 5.91 Å². The topological polar surface area (TPSA) is 49.4 Å². The molecule has 1 aromatic rings. The molecule has 0 aliphatic rings. The third kappa shape index (κ3) is 4.74. The van der Waals surface area contributed by atoms with Crippen molar-refractivity contribution in [3.8, 4) is 0 Å². The SMILES string of the molecule is CN(C)NC(=O)CCC(=O)c1ccc(F)cc1. The van der Waals surface area contributed by atoms with Crippen molar-refractivity contribution in [2.45, 2.75) is 12.8 Å². The number of Topliss-reactive ketones (excluding diaryl/α,β-unsaturated/α-hetero) is 1. The monoisotopic (exact) mass is 238 g/mol. The van der Waals surface area contributed by atoms with Gasteiger partial charge in [-0.1, -0.05) is 0 Å². The molecule has 0 heterocycles. The number of nitrogens with one attached hydrogen (secondary N) is 1. The standard InChI is InChI=1S/C12H15FN2O2/c1-15(2)14-12(17)8-7-11(16)9-3-5-10(13)6-4-9/h3-6H,7-8H2,1-2H3,(H,14,17). The van der Waals surface area contributed by atoms with Crippen molar-refractivity contribution in [3.05, 3.63) is 35.6 Å². The zero-order chi connectivity index (χ0) is 12.8. The summed E-state index contributed by atoms with van der Waals surface area (Å²) in [6.07, 6.45) is 0.236. The van der Waals surface area contributed by atoms with E-state index in [1.165, 1.54) is 29.3 Å². The van der Waals surface area contributed by atoms with E-state index >= 15 is 0 Å². The molecular formula is C12H15FN2O2. The predicted octanol–water partition coefficient (Wildman–Crippen LogP) is 1.38. The van der Waals surface area contributed by atoms with Crippen molar-refractivity contribution in [1.82, 2.24) is 10.4 Å². The maximum atomic E-state index is 12.6. The molecule has 1 aromatic carbocycles. The van der Waals surface area contributed by atoms with Crippen LogP contribution in [0.25, 0.3) is 0 Å². The van der Waals surface area contributed by atoms with E-state index in [2.05, 4.69) is 5.43 Å². The smallest absolute Gasteiger partial charge is 0.234 e. The number of carbonyl (C=O) groups excluding carboxylic acids is 2. The molecule has 0 unspecified atom stereocenters. The summed E-state index contributed by atoms with van der Waals surface area (Å²) >= 11 is 0. The molecule has 92 valence electrons. The van der Waals surface area contributed by atoms with Gasteiger partial charge in [0.05, 0.1) is 0 Å². The van der Waals surface area contributed by atoms with Crippen LogP contribution in [0, 0.1) is 5.82 Å². The van der Waals surface area contributed by atoms with Gasteiger partial charge in [0.1, 0.15) is 5.82 Å². The molecule has 17 heavy (non-hydrogen) atoms. The van der Waals surface area contributed by atoms with Crippen LogP contribution in [0.2, 0.25) is 0 Å². The van der Waals surface area contributed by atoms with Crippen molar-refractivity contribution < 1.29 is 14.0 Å². The number of hydrogen-bond donors (Lipinski definition) is 1. The number of hydrogen-bond acceptors (Lipinski definition) is 3. The lowest BCUT2D eigenvalue weighted by atomic mass is 10.1. The van der Waals surface area contributed by atoms with Gasteiger partial charge in [-0.05, 0) is 24.3 Å². The third-order valence-corrected chi connectivity index (χ3v) is 2.09. The predicted molar refractivity (Wildman–Crippen MR) is 61.8 cm³/mol. The lowest BCUT2D eigenvalue weighted by Crippen LogP contribution is -2.36. The maximum absolute atomic E-state index is 12.6. The number of rotatable bonds is 5. The molecular weight excluding hydrogens is 223 g/mol. The Kier molecular flexibility index (Phi) is 4.78. The summed E-state index contributed by atoms with van der Waals surface area (Å²) in [6, 6.07) is 5.29. The van der Waals surface area contributed by atoms with E-state index in [0.717, 1.165) is 0 Å². The van der Waals surface area contributed by atoms with Crippen molar-refractivity contribution >= 4 is 11.7 Å². The average Bonchev–Trinajstić information content (AvgIpc) is 2.26. The molecule has 0 saturated heterocycles. The summed E-state index contributed by atoms with van der Waals surface area (Å²) in [6.45, 7) is 0. The summed E-state index contributed by atoms with van der Waals surface area (Å²) < 4.78 is 12.6. The fraction of sp³-hybridized carbons (Fsp3) is 0.333. The fourth-order valence-electron chi connectivity index (χ4n) is 1.31. The molecule has 5 heteroatoms. The third-order valence-electron chi connectivity index (χ3n) is 2.09. The molecule has 0 bridgehead atoms. The lowest BCUT2D eigenvalue weighted by Gasteiger charge is -2.11. The highest BCUT2D eigenvalue weighted by molar-refractivity contribution is 5.97. The summed E-state index contributed by atoms with van der Waals surface area (Å²) in [4.78, 5) is 22.9. The van der Waals surface area contributed by atoms with Gasteiger partial charge in [-0.3, -0.25) is 15.0 Å². The van der Waals surface area contributed by atoms with E-state index in [4.69, 9.17) is 0 Å². The minimum Gasteiger partial charge on any atom is -0.294 e. The fourth-order valence-corrected chi connectivity index (χ4v) is 1.31. The first-order chi connectivity index (χ1) is 7.99. The van der Waals surface area contributed by atoms with Crippen LogP contribution in [0.1, 0.15) is 23.2 Å². The summed E-state index contributed by atoms with van der Waals surface area (Å²) in [5, 5.41) is 1.52. The van der Waals surface area contributed by atoms with Crippen LogP contribution in [0.4, 0.5) is 4.39 Å². The Labute approximate surface area is 99.4 Å². The number of benzene rings is 1. The molecule has 1 rings (SSSR count). The lowest BCUT2D eigenvalue weighted by molar-refractivity contribution is -0.124. The average molecular weight is 238 g/mol. The van der Waals surface area contributed by atoms with E-state index in [0.29, 0.717) is 5.56 Å². The Morgan fingerprint density at radius 2 is 1.76 bits per heavy atom. The number of nitrogens with zero attached hydrogens (tertiary/aromatic N) is 1. The van der Waals surface area contributed by atoms with Gasteiger partial charge in [-0.2, -0.15) is 0 Å². The summed E-state index contributed by atoms with van der Waals surface area (Å²) in [7, 11) is 3.39. The Balaban J connectivity index is 2.45. The number of amides is 1. The second-order valence-electron chi connectivity index (χ2n) is 3.86. The van der Waals surface area contributed by atoms with Gasteiger partial charge >= 0.3 is 0 Å². The van der Waals surface area contributed by atoms with Crippen LogP contribution >= 0.6 is 0 Å². The number of hydrazine groups is 1. The minimum absolute atomic E-state index is 0.116. The summed E-state index contributed by atoms with van der Waals surface area (Å²) in [5.41, 5.74) is 2.96. The van der Waals surface area contributed by atoms with Gasteiger partial charge < -0.3 is 0 Å². The van der Waals surface area contributed by atoms with E-state index < -0.39 is 0 Å². The Bertz CT molecular complexity index is 401. The highest BCUT2D eigenvalue weighted by Gasteiger charge is 2.09. The van der Waals surface area contributed by atoms with E-state index in [-0.39, 0.29) is 30.3 Å². The zero-order valence-corrected chi connectivity index (χ0v) is 9.87. The molecule has 0 saturated carbocycles. The van der Waals surface area contributed by atoms with Crippen LogP contribution in [-0.2, 0) is 4.79 Å². The largest absolute Gasteiger partial charge is 0.294 e. The first kappa shape index (κ1) is 13.3. The van der Waals surface area contributed by atoms with Crippen LogP contribution in [0.5, 0.6) is 0 Å². The minimum atomic E-state index is -0.382. The Hall–Kier alpha value is -1.75. The second-order valence-corrected chi connectivity index (χ2v) is 3.86. The molecule has 0 aliphatic carbocycles. The zero-order valence-electron chi connectivity index (χ0n) is 9.87. The number of ketones is 1. The van der Waals surface area contributed by atoms with Crippen LogP contribution in [0.3, 0.4) is 0 Å². The molecule has 0 aromatic heterocycles. The van der Waals surface area contributed by atoms with Gasteiger partial charge in [0.15, 0.2) is 5.78 Å². The quantitative estimate of drug-likeness (QED) is 0.623. The molecule has 0 spiro atoms. The molecule has 4 nitrogen and oxygen atoms in total. The van der Waals surface area contributed by atoms with Gasteiger partial charge in [0, 0.05) is 32.5 Å². The molecule has 0 atom stereocenters. The van der Waals surface area contributed by atoms with Gasteiger partial charge in [0.25, 0.3) is 0 Å². The Morgan fingerprint density at radius 1 is 1.18 bits per heavy atom. The van der Waals surface area contributed by atoms with Crippen molar-refractivity contribution in [3.63, 3.8) is 0 Å². The van der Waals surface area contributed by atoms with Crippen LogP contribution in [-0.4, -0.2) is 30.8 Å². The summed E-state index contributed by atoms with van der Waals surface area (Å²) in [5.74, 6) is -0.767. The molecule has 0 fully saturated rings. The molecule has 1 N–H and O–H groups in total. The van der Waals surface area contributed by atoms with Crippen molar-refractivity contribution in [1.29, 1.82) is 0 Å². The molecule has 0 aliphatic heterocycles. The van der Waals surface area contributed by atoms with E-state index in [9.17, 15) is 14.0 Å². The highest BCUT2D eigenvalue weighted by Crippen LogP contribution is 2.07. The normalized spacial score (nSPS) is 10.4. The van der Waals surface area contributed by atoms with E-state index in [1.54, 1.807) is 14.1 Å². The van der Waals surface area contributed by atoms with Gasteiger partial charge in [-0.15, -0.1) is 0 Å².